The Bertz CT molecular complexity index is 804. The molecular weight excluding hydrogens is 293 g/mol. The second-order valence-corrected chi connectivity index (χ2v) is 4.98. The molecule has 2 N–H and O–H groups in total. The van der Waals surface area contributed by atoms with Crippen LogP contribution < -0.4 is 10.9 Å². The minimum atomic E-state index is -1.07. The van der Waals surface area contributed by atoms with E-state index in [0.717, 1.165) is 4.57 Å². The standard InChI is InChI=1S/C15H13N3O4.Li.H/c19-13(9-4-2-1-3-5-9)17-10-8-16-12-7-6-11(15(21)22)18(12)14(10)20;;/h1-5,8,11H,6-7H2,(H,17,19)(H,21,22);;. The third kappa shape index (κ3) is 3.21. The molecule has 1 aliphatic heterocycles. The van der Waals surface area contributed by atoms with Gasteiger partial charge in [-0.3, -0.25) is 14.2 Å². The molecule has 7 nitrogen and oxygen atoms in total. The summed E-state index contributed by atoms with van der Waals surface area (Å²) in [6.45, 7) is 0. The van der Waals surface area contributed by atoms with Crippen molar-refractivity contribution >= 4 is 36.4 Å². The van der Waals surface area contributed by atoms with Crippen LogP contribution in [0.1, 0.15) is 28.6 Å². The molecule has 1 unspecified atom stereocenters. The number of hydrogen-bond donors (Lipinski definition) is 2. The summed E-state index contributed by atoms with van der Waals surface area (Å²) in [6, 6.07) is 7.51. The number of aliphatic carboxylic acids is 1. The molecule has 3 rings (SSSR count). The van der Waals surface area contributed by atoms with E-state index in [4.69, 9.17) is 5.11 Å². The van der Waals surface area contributed by atoms with Gasteiger partial charge in [0.2, 0.25) is 0 Å². The molecule has 0 saturated heterocycles. The van der Waals surface area contributed by atoms with E-state index in [1.807, 2.05) is 0 Å². The van der Waals surface area contributed by atoms with Crippen LogP contribution in [0.4, 0.5) is 5.69 Å². The topological polar surface area (TPSA) is 101 Å². The van der Waals surface area contributed by atoms with Gasteiger partial charge in [0.15, 0.2) is 0 Å². The van der Waals surface area contributed by atoms with Crippen molar-refractivity contribution < 1.29 is 14.7 Å². The van der Waals surface area contributed by atoms with Crippen molar-refractivity contribution in [3.8, 4) is 0 Å². The van der Waals surface area contributed by atoms with Gasteiger partial charge in [0.05, 0.1) is 6.20 Å². The van der Waals surface area contributed by atoms with Gasteiger partial charge in [0.1, 0.15) is 17.6 Å². The van der Waals surface area contributed by atoms with E-state index in [2.05, 4.69) is 10.3 Å². The normalized spacial score (nSPS) is 15.4. The summed E-state index contributed by atoms with van der Waals surface area (Å²) >= 11 is 0. The van der Waals surface area contributed by atoms with Crippen molar-refractivity contribution in [1.82, 2.24) is 9.55 Å². The summed E-state index contributed by atoms with van der Waals surface area (Å²) in [6.07, 6.45) is 2.03. The maximum absolute atomic E-state index is 12.4. The van der Waals surface area contributed by atoms with Gasteiger partial charge >= 0.3 is 24.8 Å². The second-order valence-electron chi connectivity index (χ2n) is 4.98. The van der Waals surface area contributed by atoms with Gasteiger partial charge in [-0.1, -0.05) is 18.2 Å². The number of anilines is 1. The van der Waals surface area contributed by atoms with Crippen LogP contribution >= 0.6 is 0 Å². The Hall–Kier alpha value is -2.36. The van der Waals surface area contributed by atoms with Crippen molar-refractivity contribution in [2.24, 2.45) is 0 Å². The molecule has 1 aliphatic rings. The Kier molecular flexibility index (Phi) is 5.04. The van der Waals surface area contributed by atoms with Crippen LogP contribution in [0.25, 0.3) is 0 Å². The first-order valence-corrected chi connectivity index (χ1v) is 6.77. The van der Waals surface area contributed by atoms with Gasteiger partial charge in [-0.05, 0) is 18.6 Å². The van der Waals surface area contributed by atoms with Crippen molar-refractivity contribution in [2.75, 3.05) is 5.32 Å². The Morgan fingerprint density at radius 2 is 1.96 bits per heavy atom. The number of nitrogens with one attached hydrogen (secondary N) is 1. The van der Waals surface area contributed by atoms with Crippen LogP contribution in [0.3, 0.4) is 0 Å². The zero-order chi connectivity index (χ0) is 15.7. The van der Waals surface area contributed by atoms with E-state index in [1.165, 1.54) is 6.20 Å². The first kappa shape index (κ1) is 17.0. The van der Waals surface area contributed by atoms with E-state index in [9.17, 15) is 14.4 Å². The van der Waals surface area contributed by atoms with Gasteiger partial charge in [-0.15, -0.1) is 0 Å². The molecule has 0 spiro atoms. The van der Waals surface area contributed by atoms with Crippen LogP contribution in [0.15, 0.2) is 41.3 Å². The molecule has 0 bridgehead atoms. The van der Waals surface area contributed by atoms with Crippen molar-refractivity contribution in [3.63, 3.8) is 0 Å². The number of benzene rings is 1. The first-order valence-electron chi connectivity index (χ1n) is 6.77. The summed E-state index contributed by atoms with van der Waals surface area (Å²) in [5.74, 6) is -1.09. The van der Waals surface area contributed by atoms with E-state index in [0.29, 0.717) is 24.2 Å². The number of fused-ring (bicyclic) bond motifs is 1. The predicted octanol–water partition coefficient (Wildman–Crippen LogP) is 0.419. The number of rotatable bonds is 3. The summed E-state index contributed by atoms with van der Waals surface area (Å²) in [5, 5.41) is 11.6. The quantitative estimate of drug-likeness (QED) is 0.800. The van der Waals surface area contributed by atoms with Crippen LogP contribution in [0, 0.1) is 0 Å². The monoisotopic (exact) mass is 307 g/mol. The van der Waals surface area contributed by atoms with E-state index >= 15 is 0 Å². The van der Waals surface area contributed by atoms with Crippen LogP contribution in [0.2, 0.25) is 0 Å². The fourth-order valence-corrected chi connectivity index (χ4v) is 2.51. The Labute approximate surface area is 143 Å². The average molecular weight is 307 g/mol. The number of carbonyl (C=O) groups excluding carboxylic acids is 1. The zero-order valence-electron chi connectivity index (χ0n) is 11.5. The number of carbonyl (C=O) groups is 2. The molecule has 2 heterocycles. The zero-order valence-corrected chi connectivity index (χ0v) is 11.5. The average Bonchev–Trinajstić information content (AvgIpc) is 2.96. The molecular formula is C15H14LiN3O4. The molecule has 1 amide bonds. The maximum atomic E-state index is 12.4. The summed E-state index contributed by atoms with van der Waals surface area (Å²) in [7, 11) is 0. The fraction of sp³-hybridized carbons (Fsp3) is 0.200. The van der Waals surface area contributed by atoms with E-state index < -0.39 is 23.5 Å². The Balaban J connectivity index is 0.00000192. The molecule has 0 radical (unpaired) electrons. The molecule has 0 aliphatic carbocycles. The van der Waals surface area contributed by atoms with E-state index in [1.54, 1.807) is 30.3 Å². The summed E-state index contributed by atoms with van der Waals surface area (Å²) < 4.78 is 1.14. The van der Waals surface area contributed by atoms with Gasteiger partial charge < -0.3 is 10.4 Å². The molecule has 1 aromatic carbocycles. The van der Waals surface area contributed by atoms with Gasteiger partial charge in [0.25, 0.3) is 11.5 Å². The third-order valence-corrected chi connectivity index (χ3v) is 3.59. The minimum absolute atomic E-state index is 0. The van der Waals surface area contributed by atoms with Gasteiger partial charge in [-0.2, -0.15) is 0 Å². The predicted molar refractivity (Wildman–Crippen MR) is 85.0 cm³/mol. The van der Waals surface area contributed by atoms with Crippen LogP contribution in [0.5, 0.6) is 0 Å². The molecule has 1 aromatic heterocycles. The molecule has 2 aromatic rings. The Morgan fingerprint density at radius 1 is 1.26 bits per heavy atom. The summed E-state index contributed by atoms with van der Waals surface area (Å²) in [5.41, 5.74) is -0.160. The van der Waals surface area contributed by atoms with E-state index in [-0.39, 0.29) is 24.5 Å². The van der Waals surface area contributed by atoms with Crippen molar-refractivity contribution in [2.45, 2.75) is 18.9 Å². The number of nitrogens with zero attached hydrogens (tertiary/aromatic N) is 2. The Morgan fingerprint density at radius 3 is 2.61 bits per heavy atom. The SMILES string of the molecule is O=C(Nc1cnc2n(c1=O)C(C(=O)O)CC2)c1ccccc1.[LiH]. The number of hydrogen-bond acceptors (Lipinski definition) is 4. The molecule has 0 fully saturated rings. The van der Waals surface area contributed by atoms with Crippen LogP contribution in [-0.2, 0) is 11.2 Å². The van der Waals surface area contributed by atoms with Crippen molar-refractivity contribution in [3.05, 3.63) is 58.3 Å². The number of aryl methyl sites for hydroxylation is 1. The third-order valence-electron chi connectivity index (χ3n) is 3.59. The van der Waals surface area contributed by atoms with Gasteiger partial charge in [0, 0.05) is 12.0 Å². The second kappa shape index (κ2) is 6.81. The fourth-order valence-electron chi connectivity index (χ4n) is 2.51. The van der Waals surface area contributed by atoms with Gasteiger partial charge in [-0.25, -0.2) is 9.78 Å². The molecule has 0 saturated carbocycles. The molecule has 23 heavy (non-hydrogen) atoms. The molecule has 114 valence electrons. The molecule has 8 heteroatoms. The first-order chi connectivity index (χ1) is 10.6. The van der Waals surface area contributed by atoms with Crippen molar-refractivity contribution in [1.29, 1.82) is 0 Å². The molecule has 1 atom stereocenters. The number of aromatic nitrogens is 2. The summed E-state index contributed by atoms with van der Waals surface area (Å²) in [4.78, 5) is 39.7. The number of carboxylic acid groups (broad SMARTS) is 1. The van der Waals surface area contributed by atoms with Crippen LogP contribution in [-0.4, -0.2) is 45.4 Å². The number of carboxylic acids is 1. The number of amides is 1.